The molecule has 0 radical (unpaired) electrons. The summed E-state index contributed by atoms with van der Waals surface area (Å²) in [7, 11) is 0. The van der Waals surface area contributed by atoms with Gasteiger partial charge in [0.25, 0.3) is 0 Å². The number of nitrogens with zero attached hydrogens (tertiary/aromatic N) is 2. The molecular formula is C34H43N3O8. The van der Waals surface area contributed by atoms with Crippen LogP contribution in [0.1, 0.15) is 91.0 Å². The van der Waals surface area contributed by atoms with Gasteiger partial charge in [0.2, 0.25) is 11.8 Å². The standard InChI is InChI=1S/C34H43N3O8/c1-2-3-15-37-30(39)28(29(38)23-7-5-4-6-8-23)35-33(44)34(37)13-16-36(17-14-34)21-22-9-11-26(12-10-22)45-27-19-24(31(40)41)18-25(20-27)32(42)43/h9-12,18-20,23,28-29,38H,2-8,13-17,21H2,1H3,(H,35,44)(H,40,41)(H,42,43)/t28-,29-/m1/s1. The minimum absolute atomic E-state index is 0.0332. The van der Waals surface area contributed by atoms with Gasteiger partial charge < -0.3 is 30.3 Å². The number of aromatic carboxylic acids is 2. The fourth-order valence-corrected chi connectivity index (χ4v) is 7.00. The van der Waals surface area contributed by atoms with Crippen LogP contribution in [0.5, 0.6) is 11.5 Å². The van der Waals surface area contributed by atoms with Crippen molar-refractivity contribution in [2.24, 2.45) is 5.92 Å². The second-order valence-corrected chi connectivity index (χ2v) is 12.6. The maximum atomic E-state index is 13.8. The number of carboxylic acid groups (broad SMARTS) is 2. The molecule has 3 fully saturated rings. The third kappa shape index (κ3) is 7.15. The number of piperazine rings is 1. The smallest absolute Gasteiger partial charge is 0.335 e. The minimum Gasteiger partial charge on any atom is -0.478 e. The number of ether oxygens (including phenoxy) is 1. The predicted octanol–water partition coefficient (Wildman–Crippen LogP) is 4.28. The molecule has 0 bridgehead atoms. The summed E-state index contributed by atoms with van der Waals surface area (Å²) in [6.45, 7) is 4.44. The molecule has 5 rings (SSSR count). The number of likely N-dealkylation sites (tertiary alicyclic amines) is 1. The summed E-state index contributed by atoms with van der Waals surface area (Å²) in [4.78, 5) is 54.4. The van der Waals surface area contributed by atoms with Crippen molar-refractivity contribution in [3.05, 3.63) is 59.2 Å². The molecule has 11 heteroatoms. The number of unbranched alkanes of at least 4 members (excludes halogenated alkanes) is 1. The lowest BCUT2D eigenvalue weighted by Gasteiger charge is -2.52. The molecule has 2 amide bonds. The number of benzene rings is 2. The van der Waals surface area contributed by atoms with Crippen LogP contribution in [0.2, 0.25) is 0 Å². The largest absolute Gasteiger partial charge is 0.478 e. The molecule has 2 atom stereocenters. The monoisotopic (exact) mass is 621 g/mol. The number of hydrogen-bond donors (Lipinski definition) is 4. The Labute approximate surface area is 263 Å². The van der Waals surface area contributed by atoms with Crippen LogP contribution in [0.3, 0.4) is 0 Å². The van der Waals surface area contributed by atoms with Crippen LogP contribution in [-0.4, -0.2) is 86.2 Å². The first kappa shape index (κ1) is 32.4. The summed E-state index contributed by atoms with van der Waals surface area (Å²) in [6.07, 6.45) is 6.83. The molecule has 0 aromatic heterocycles. The Morgan fingerprint density at radius 2 is 1.58 bits per heavy atom. The lowest BCUT2D eigenvalue weighted by Crippen LogP contribution is -2.75. The molecule has 45 heavy (non-hydrogen) atoms. The first-order chi connectivity index (χ1) is 21.6. The molecular weight excluding hydrogens is 578 g/mol. The molecule has 0 unspecified atom stereocenters. The van der Waals surface area contributed by atoms with E-state index in [0.717, 1.165) is 56.6 Å². The van der Waals surface area contributed by atoms with Gasteiger partial charge in [-0.2, -0.15) is 0 Å². The molecule has 2 aromatic rings. The SMILES string of the molecule is CCCCN1C(=O)[C@@H]([C@H](O)C2CCCCC2)NC(=O)C12CCN(Cc1ccc(Oc3cc(C(=O)O)cc(C(=O)O)c3)cc1)CC2. The van der Waals surface area contributed by atoms with E-state index in [1.165, 1.54) is 12.1 Å². The summed E-state index contributed by atoms with van der Waals surface area (Å²) in [5.41, 5.74) is -0.266. The molecule has 11 nitrogen and oxygen atoms in total. The number of piperidine rings is 1. The van der Waals surface area contributed by atoms with Crippen molar-refractivity contribution >= 4 is 23.8 Å². The van der Waals surface area contributed by atoms with Crippen molar-refractivity contribution < 1.29 is 39.2 Å². The lowest BCUT2D eigenvalue weighted by molar-refractivity contribution is -0.166. The zero-order valence-electron chi connectivity index (χ0n) is 25.7. The van der Waals surface area contributed by atoms with Gasteiger partial charge in [0.15, 0.2) is 0 Å². The van der Waals surface area contributed by atoms with Crippen molar-refractivity contribution in [1.29, 1.82) is 0 Å². The first-order valence-corrected chi connectivity index (χ1v) is 16.0. The van der Waals surface area contributed by atoms with Crippen LogP contribution in [-0.2, 0) is 16.1 Å². The number of aliphatic hydroxyl groups is 1. The summed E-state index contributed by atoms with van der Waals surface area (Å²) >= 11 is 0. The van der Waals surface area contributed by atoms with Crippen molar-refractivity contribution in [1.82, 2.24) is 15.1 Å². The van der Waals surface area contributed by atoms with Gasteiger partial charge in [-0.15, -0.1) is 0 Å². The van der Waals surface area contributed by atoms with Crippen molar-refractivity contribution in [2.45, 2.75) is 88.9 Å². The van der Waals surface area contributed by atoms with Crippen molar-refractivity contribution in [3.63, 3.8) is 0 Å². The van der Waals surface area contributed by atoms with Crippen LogP contribution < -0.4 is 10.1 Å². The highest BCUT2D eigenvalue weighted by Crippen LogP contribution is 2.36. The van der Waals surface area contributed by atoms with E-state index in [0.29, 0.717) is 44.8 Å². The average Bonchev–Trinajstić information content (AvgIpc) is 3.04. The fourth-order valence-electron chi connectivity index (χ4n) is 7.00. The Balaban J connectivity index is 1.22. The molecule has 2 saturated heterocycles. The van der Waals surface area contributed by atoms with Gasteiger partial charge in [0.05, 0.1) is 17.2 Å². The van der Waals surface area contributed by atoms with E-state index in [9.17, 15) is 34.5 Å². The van der Waals surface area contributed by atoms with E-state index in [4.69, 9.17) is 4.74 Å². The maximum absolute atomic E-state index is 13.8. The highest BCUT2D eigenvalue weighted by Gasteiger charge is 2.55. The number of aliphatic hydroxyl groups excluding tert-OH is 1. The number of hydrogen-bond acceptors (Lipinski definition) is 7. The normalized spacial score (nSPS) is 21.4. The molecule has 1 aliphatic carbocycles. The van der Waals surface area contributed by atoms with Crippen LogP contribution in [0.25, 0.3) is 0 Å². The van der Waals surface area contributed by atoms with Crippen LogP contribution in [0, 0.1) is 5.92 Å². The van der Waals surface area contributed by atoms with Gasteiger partial charge in [0, 0.05) is 26.2 Å². The zero-order valence-corrected chi connectivity index (χ0v) is 25.7. The Morgan fingerprint density at radius 1 is 0.956 bits per heavy atom. The molecule has 2 aromatic carbocycles. The Morgan fingerprint density at radius 3 is 2.16 bits per heavy atom. The van der Waals surface area contributed by atoms with E-state index < -0.39 is 29.6 Å². The van der Waals surface area contributed by atoms with E-state index in [1.54, 1.807) is 17.0 Å². The lowest BCUT2D eigenvalue weighted by atomic mass is 9.78. The number of rotatable bonds is 11. The number of carbonyl (C=O) groups is 4. The van der Waals surface area contributed by atoms with Gasteiger partial charge in [-0.3, -0.25) is 14.5 Å². The number of amides is 2. The second-order valence-electron chi connectivity index (χ2n) is 12.6. The molecule has 242 valence electrons. The van der Waals surface area contributed by atoms with Crippen molar-refractivity contribution in [2.75, 3.05) is 19.6 Å². The molecule has 1 saturated carbocycles. The molecule has 1 spiro atoms. The molecule has 2 heterocycles. The predicted molar refractivity (Wildman–Crippen MR) is 165 cm³/mol. The molecule has 4 N–H and O–H groups in total. The summed E-state index contributed by atoms with van der Waals surface area (Å²) in [6, 6.07) is 10.0. The maximum Gasteiger partial charge on any atom is 0.335 e. The van der Waals surface area contributed by atoms with E-state index >= 15 is 0 Å². The quantitative estimate of drug-likeness (QED) is 0.288. The minimum atomic E-state index is -1.25. The van der Waals surface area contributed by atoms with E-state index in [2.05, 4.69) is 17.1 Å². The van der Waals surface area contributed by atoms with Gasteiger partial charge in [-0.1, -0.05) is 44.7 Å². The molecule has 2 aliphatic heterocycles. The average molecular weight is 622 g/mol. The first-order valence-electron chi connectivity index (χ1n) is 16.0. The fraction of sp³-hybridized carbons (Fsp3) is 0.529. The third-order valence-electron chi connectivity index (χ3n) is 9.62. The summed E-state index contributed by atoms with van der Waals surface area (Å²) in [5, 5.41) is 32.8. The number of nitrogens with one attached hydrogen (secondary N) is 1. The zero-order chi connectivity index (χ0) is 32.1. The van der Waals surface area contributed by atoms with E-state index in [1.807, 2.05) is 12.1 Å². The number of carboxylic acids is 2. The van der Waals surface area contributed by atoms with Gasteiger partial charge in [-0.05, 0) is 73.9 Å². The van der Waals surface area contributed by atoms with Crippen LogP contribution in [0.4, 0.5) is 0 Å². The topological polar surface area (TPSA) is 157 Å². The highest BCUT2D eigenvalue weighted by atomic mass is 16.5. The Kier molecular flexibility index (Phi) is 10.1. The van der Waals surface area contributed by atoms with E-state index in [-0.39, 0.29) is 34.6 Å². The van der Waals surface area contributed by atoms with Gasteiger partial charge >= 0.3 is 11.9 Å². The van der Waals surface area contributed by atoms with Crippen molar-refractivity contribution in [3.8, 4) is 11.5 Å². The van der Waals surface area contributed by atoms with Crippen LogP contribution in [0.15, 0.2) is 42.5 Å². The third-order valence-corrected chi connectivity index (χ3v) is 9.62. The summed E-state index contributed by atoms with van der Waals surface area (Å²) < 4.78 is 5.77. The van der Waals surface area contributed by atoms with Gasteiger partial charge in [-0.25, -0.2) is 9.59 Å². The number of carbonyl (C=O) groups excluding carboxylic acids is 2. The summed E-state index contributed by atoms with van der Waals surface area (Å²) in [5.74, 6) is -2.23. The van der Waals surface area contributed by atoms with Gasteiger partial charge in [0.1, 0.15) is 23.1 Å². The second kappa shape index (κ2) is 14.0. The highest BCUT2D eigenvalue weighted by molar-refractivity contribution is 6.00. The Hall–Kier alpha value is -3.96. The van der Waals surface area contributed by atoms with Crippen LogP contribution >= 0.6 is 0 Å². The Bertz CT molecular complexity index is 1360. The molecule has 3 aliphatic rings.